The van der Waals surface area contributed by atoms with Crippen LogP contribution in [0.5, 0.6) is 11.5 Å². The molecule has 4 rings (SSSR count). The van der Waals surface area contributed by atoms with Crippen LogP contribution in [0.2, 0.25) is 0 Å². The number of nitrogens with zero attached hydrogens (tertiary/aromatic N) is 2. The highest BCUT2D eigenvalue weighted by molar-refractivity contribution is 7.87. The van der Waals surface area contributed by atoms with Crippen LogP contribution in [0.1, 0.15) is 25.0 Å². The Morgan fingerprint density at radius 1 is 1.03 bits per heavy atom. The Labute approximate surface area is 205 Å². The average Bonchev–Trinajstić information content (AvgIpc) is 3.08. The first-order valence-electron chi connectivity index (χ1n) is 11.0. The van der Waals surface area contributed by atoms with Gasteiger partial charge >= 0.3 is 10.1 Å². The van der Waals surface area contributed by atoms with Crippen LogP contribution in [0.4, 0.5) is 0 Å². The molecule has 10 heteroatoms. The zero-order chi connectivity index (χ0) is 25.4. The Hall–Kier alpha value is -3.47. The Morgan fingerprint density at radius 3 is 2.34 bits per heavy atom. The number of nitrogens with two attached hydrogens (primary N) is 1. The van der Waals surface area contributed by atoms with Gasteiger partial charge in [-0.15, -0.1) is 0 Å². The first-order valence-corrected chi connectivity index (χ1v) is 12.5. The predicted octanol–water partition coefficient (Wildman–Crippen LogP) is 2.42. The van der Waals surface area contributed by atoms with Crippen LogP contribution in [-0.2, 0) is 20.5 Å². The van der Waals surface area contributed by atoms with E-state index in [1.807, 2.05) is 30.3 Å². The predicted molar refractivity (Wildman–Crippen MR) is 132 cm³/mol. The first kappa shape index (κ1) is 24.6. The number of aromatic nitrogens is 1. The number of ether oxygens (including phenoxy) is 1. The Balaban J connectivity index is 1.86. The topological polar surface area (TPSA) is 124 Å². The van der Waals surface area contributed by atoms with Crippen molar-refractivity contribution in [3.63, 3.8) is 0 Å². The lowest BCUT2D eigenvalue weighted by atomic mass is 9.81. The van der Waals surface area contributed by atoms with Crippen LogP contribution in [0.3, 0.4) is 0 Å². The number of likely N-dealkylation sites (N-methyl/N-ethyl adjacent to an activating group) is 1. The molecule has 3 N–H and O–H groups in total. The fourth-order valence-electron chi connectivity index (χ4n) is 3.98. The smallest absolute Gasteiger partial charge is 0.311 e. The quantitative estimate of drug-likeness (QED) is 0.478. The molecule has 0 spiro atoms. The number of amides is 1. The van der Waals surface area contributed by atoms with E-state index in [0.29, 0.717) is 16.9 Å². The average molecular weight is 497 g/mol. The fraction of sp³-hybridized carbons (Fsp3) is 0.280. The third-order valence-electron chi connectivity index (χ3n) is 6.06. The molecular weight excluding hydrogens is 468 g/mol. The lowest BCUT2D eigenvalue weighted by molar-refractivity contribution is -0.131. The van der Waals surface area contributed by atoms with Gasteiger partial charge in [-0.1, -0.05) is 30.3 Å². The molecule has 1 aromatic heterocycles. The standard InChI is InChI=1S/C25H28N4O5S/c1-16(2)35(31,32)34-21-10-6-9-20(13-21)25(23(30)29(3)24(26)28-25)19-8-5-7-17(11-19)18-12-22(33-4)15-27-14-18/h5-16,24,28H,26H2,1-4H3. The molecule has 2 aromatic carbocycles. The van der Waals surface area contributed by atoms with Gasteiger partial charge in [0.05, 0.1) is 18.6 Å². The van der Waals surface area contributed by atoms with E-state index in [0.717, 1.165) is 11.1 Å². The second-order valence-corrected chi connectivity index (χ2v) is 10.7. The SMILES string of the molecule is COc1cncc(-c2cccc(C3(c4cccc(OS(=O)(=O)C(C)C)c4)NC(N)N(C)C3=O)c2)c1. The maximum atomic E-state index is 13.7. The highest BCUT2D eigenvalue weighted by Crippen LogP contribution is 2.39. The van der Waals surface area contributed by atoms with Crippen LogP contribution in [0.25, 0.3) is 11.1 Å². The summed E-state index contributed by atoms with van der Waals surface area (Å²) in [5.74, 6) is 0.437. The number of carbonyl (C=O) groups excluding carboxylic acids is 1. The molecule has 0 aliphatic carbocycles. The summed E-state index contributed by atoms with van der Waals surface area (Å²) in [6.45, 7) is 3.07. The number of rotatable bonds is 7. The molecule has 35 heavy (non-hydrogen) atoms. The number of methoxy groups -OCH3 is 1. The van der Waals surface area contributed by atoms with E-state index < -0.39 is 27.2 Å². The van der Waals surface area contributed by atoms with E-state index >= 15 is 0 Å². The van der Waals surface area contributed by atoms with Crippen molar-refractivity contribution in [1.82, 2.24) is 15.2 Å². The van der Waals surface area contributed by atoms with Crippen molar-refractivity contribution in [1.29, 1.82) is 0 Å². The molecule has 184 valence electrons. The van der Waals surface area contributed by atoms with Gasteiger partial charge in [0, 0.05) is 18.8 Å². The summed E-state index contributed by atoms with van der Waals surface area (Å²) in [5, 5.41) is 2.50. The van der Waals surface area contributed by atoms with E-state index in [4.69, 9.17) is 14.7 Å². The van der Waals surface area contributed by atoms with E-state index in [-0.39, 0.29) is 11.7 Å². The van der Waals surface area contributed by atoms with Crippen molar-refractivity contribution in [2.75, 3.05) is 14.2 Å². The molecule has 0 saturated carbocycles. The summed E-state index contributed by atoms with van der Waals surface area (Å²) >= 11 is 0. The highest BCUT2D eigenvalue weighted by atomic mass is 32.2. The minimum absolute atomic E-state index is 0.112. The second-order valence-electron chi connectivity index (χ2n) is 8.60. The number of carbonyl (C=O) groups is 1. The third kappa shape index (κ3) is 4.47. The zero-order valence-corrected chi connectivity index (χ0v) is 20.7. The molecule has 1 aliphatic rings. The van der Waals surface area contributed by atoms with Gasteiger partial charge in [-0.3, -0.25) is 20.8 Å². The maximum Gasteiger partial charge on any atom is 0.311 e. The van der Waals surface area contributed by atoms with Gasteiger partial charge in [0.2, 0.25) is 0 Å². The molecule has 1 fully saturated rings. The lowest BCUT2D eigenvalue weighted by Crippen LogP contribution is -2.48. The summed E-state index contributed by atoms with van der Waals surface area (Å²) in [7, 11) is -0.639. The maximum absolute atomic E-state index is 13.7. The van der Waals surface area contributed by atoms with E-state index in [2.05, 4.69) is 10.3 Å². The molecule has 1 saturated heterocycles. The fourth-order valence-corrected chi connectivity index (χ4v) is 4.55. The Bertz CT molecular complexity index is 1360. The van der Waals surface area contributed by atoms with Gasteiger partial charge in [0.1, 0.15) is 17.8 Å². The number of hydrogen-bond donors (Lipinski definition) is 2. The molecule has 3 aromatic rings. The molecule has 2 atom stereocenters. The molecule has 2 unspecified atom stereocenters. The van der Waals surface area contributed by atoms with Crippen LogP contribution >= 0.6 is 0 Å². The van der Waals surface area contributed by atoms with Gasteiger partial charge in [0.25, 0.3) is 5.91 Å². The Morgan fingerprint density at radius 2 is 1.71 bits per heavy atom. The van der Waals surface area contributed by atoms with Crippen molar-refractivity contribution in [3.8, 4) is 22.6 Å². The van der Waals surface area contributed by atoms with Gasteiger partial charge in [-0.25, -0.2) is 0 Å². The van der Waals surface area contributed by atoms with E-state index in [1.54, 1.807) is 50.8 Å². The Kier molecular flexibility index (Phi) is 6.54. The van der Waals surface area contributed by atoms with Crippen molar-refractivity contribution in [2.45, 2.75) is 30.9 Å². The van der Waals surface area contributed by atoms with Crippen LogP contribution in [0, 0.1) is 0 Å². The first-order chi connectivity index (χ1) is 16.6. The number of nitrogens with one attached hydrogen (secondary N) is 1. The lowest BCUT2D eigenvalue weighted by Gasteiger charge is -2.29. The molecule has 0 radical (unpaired) electrons. The summed E-state index contributed by atoms with van der Waals surface area (Å²) in [5.41, 5.74) is 7.62. The number of hydrogen-bond acceptors (Lipinski definition) is 8. The minimum atomic E-state index is -3.82. The molecule has 1 aliphatic heterocycles. The van der Waals surface area contributed by atoms with Crippen molar-refractivity contribution in [2.24, 2.45) is 5.73 Å². The molecule has 1 amide bonds. The summed E-state index contributed by atoms with van der Waals surface area (Å²) in [6, 6.07) is 15.8. The summed E-state index contributed by atoms with van der Waals surface area (Å²) < 4.78 is 35.3. The van der Waals surface area contributed by atoms with Gasteiger partial charge in [-0.2, -0.15) is 8.42 Å². The molecule has 0 bridgehead atoms. The van der Waals surface area contributed by atoms with Gasteiger partial charge in [0.15, 0.2) is 5.54 Å². The number of pyridine rings is 1. The van der Waals surface area contributed by atoms with Gasteiger partial charge < -0.3 is 13.8 Å². The van der Waals surface area contributed by atoms with Crippen molar-refractivity contribution < 1.29 is 22.1 Å². The summed E-state index contributed by atoms with van der Waals surface area (Å²) in [6.07, 6.45) is 2.57. The normalized spacial score (nSPS) is 20.3. The molecular formula is C25H28N4O5S. The largest absolute Gasteiger partial charge is 0.495 e. The molecule has 9 nitrogen and oxygen atoms in total. The molecule has 2 heterocycles. The van der Waals surface area contributed by atoms with Crippen LogP contribution in [-0.4, -0.2) is 49.9 Å². The van der Waals surface area contributed by atoms with E-state index in [1.165, 1.54) is 18.7 Å². The highest BCUT2D eigenvalue weighted by Gasteiger charge is 2.51. The van der Waals surface area contributed by atoms with Crippen LogP contribution < -0.4 is 20.0 Å². The van der Waals surface area contributed by atoms with Crippen molar-refractivity contribution >= 4 is 16.0 Å². The zero-order valence-electron chi connectivity index (χ0n) is 19.9. The van der Waals surface area contributed by atoms with Crippen molar-refractivity contribution in [3.05, 3.63) is 78.1 Å². The monoisotopic (exact) mass is 496 g/mol. The van der Waals surface area contributed by atoms with Gasteiger partial charge in [-0.05, 0) is 54.8 Å². The summed E-state index contributed by atoms with van der Waals surface area (Å²) in [4.78, 5) is 19.3. The van der Waals surface area contributed by atoms with E-state index in [9.17, 15) is 13.2 Å². The van der Waals surface area contributed by atoms with Crippen LogP contribution in [0.15, 0.2) is 67.0 Å². The number of benzene rings is 2. The second kappa shape index (κ2) is 9.29. The third-order valence-corrected chi connectivity index (χ3v) is 7.64. The minimum Gasteiger partial charge on any atom is -0.495 e.